The molecule has 0 aliphatic carbocycles. The standard InChI is InChI=1S/C14H20FNO/c1-10-9-11(15)6-7-12(10)14(17)13-5-3-2-4-8-16-13/h6-7,9,13-14,16-17H,2-5,8H2,1H3. The molecule has 1 aromatic rings. The Morgan fingerprint density at radius 3 is 2.94 bits per heavy atom. The molecule has 3 heteroatoms. The fraction of sp³-hybridized carbons (Fsp3) is 0.571. The fourth-order valence-electron chi connectivity index (χ4n) is 2.51. The maximum atomic E-state index is 13.0. The molecule has 0 spiro atoms. The second-order valence-electron chi connectivity index (χ2n) is 4.86. The van der Waals surface area contributed by atoms with Gasteiger partial charge in [0, 0.05) is 6.04 Å². The molecular formula is C14H20FNO. The van der Waals surface area contributed by atoms with Gasteiger partial charge in [0.2, 0.25) is 0 Å². The summed E-state index contributed by atoms with van der Waals surface area (Å²) in [7, 11) is 0. The summed E-state index contributed by atoms with van der Waals surface area (Å²) in [5, 5.41) is 13.7. The van der Waals surface area contributed by atoms with E-state index in [4.69, 9.17) is 0 Å². The second kappa shape index (κ2) is 5.61. The number of hydrogen-bond donors (Lipinski definition) is 2. The first kappa shape index (κ1) is 12.5. The van der Waals surface area contributed by atoms with E-state index >= 15 is 0 Å². The van der Waals surface area contributed by atoms with Crippen molar-refractivity contribution in [2.24, 2.45) is 0 Å². The minimum Gasteiger partial charge on any atom is -0.387 e. The van der Waals surface area contributed by atoms with Crippen molar-refractivity contribution < 1.29 is 9.50 Å². The summed E-state index contributed by atoms with van der Waals surface area (Å²) >= 11 is 0. The molecule has 1 aliphatic heterocycles. The smallest absolute Gasteiger partial charge is 0.123 e. The molecule has 0 radical (unpaired) electrons. The van der Waals surface area contributed by atoms with Gasteiger partial charge in [0.1, 0.15) is 5.82 Å². The van der Waals surface area contributed by atoms with Gasteiger partial charge in [0.05, 0.1) is 6.10 Å². The van der Waals surface area contributed by atoms with Crippen LogP contribution in [0.2, 0.25) is 0 Å². The zero-order valence-electron chi connectivity index (χ0n) is 10.2. The number of hydrogen-bond acceptors (Lipinski definition) is 2. The van der Waals surface area contributed by atoms with Gasteiger partial charge in [0.25, 0.3) is 0 Å². The predicted octanol–water partition coefficient (Wildman–Crippen LogP) is 2.70. The van der Waals surface area contributed by atoms with Crippen molar-refractivity contribution in [1.82, 2.24) is 5.32 Å². The molecule has 0 saturated carbocycles. The molecule has 2 nitrogen and oxygen atoms in total. The third-order valence-electron chi connectivity index (χ3n) is 3.53. The molecular weight excluding hydrogens is 217 g/mol. The van der Waals surface area contributed by atoms with Gasteiger partial charge in [-0.2, -0.15) is 0 Å². The molecule has 0 aromatic heterocycles. The Kier molecular flexibility index (Phi) is 4.13. The highest BCUT2D eigenvalue weighted by Crippen LogP contribution is 2.25. The molecule has 2 N–H and O–H groups in total. The third kappa shape index (κ3) is 3.05. The fourth-order valence-corrected chi connectivity index (χ4v) is 2.51. The molecule has 17 heavy (non-hydrogen) atoms. The van der Waals surface area contributed by atoms with Crippen molar-refractivity contribution in [2.45, 2.75) is 44.8 Å². The number of benzene rings is 1. The highest BCUT2D eigenvalue weighted by Gasteiger charge is 2.22. The maximum Gasteiger partial charge on any atom is 0.123 e. The largest absolute Gasteiger partial charge is 0.387 e. The van der Waals surface area contributed by atoms with Gasteiger partial charge < -0.3 is 10.4 Å². The highest BCUT2D eigenvalue weighted by molar-refractivity contribution is 5.29. The van der Waals surface area contributed by atoms with Crippen LogP contribution < -0.4 is 5.32 Å². The van der Waals surface area contributed by atoms with E-state index in [0.29, 0.717) is 0 Å². The average molecular weight is 237 g/mol. The average Bonchev–Trinajstić information content (AvgIpc) is 2.56. The first-order valence-corrected chi connectivity index (χ1v) is 6.36. The minimum atomic E-state index is -0.534. The van der Waals surface area contributed by atoms with E-state index in [-0.39, 0.29) is 11.9 Å². The lowest BCUT2D eigenvalue weighted by Gasteiger charge is -2.24. The number of halogens is 1. The maximum absolute atomic E-state index is 13.0. The Morgan fingerprint density at radius 2 is 2.18 bits per heavy atom. The van der Waals surface area contributed by atoms with Crippen LogP contribution in [0.1, 0.15) is 42.9 Å². The number of nitrogens with one attached hydrogen (secondary N) is 1. The number of aryl methyl sites for hydroxylation is 1. The Labute approximate surface area is 102 Å². The van der Waals surface area contributed by atoms with Crippen LogP contribution in [0.3, 0.4) is 0 Å². The first-order chi connectivity index (χ1) is 8.18. The van der Waals surface area contributed by atoms with E-state index in [1.165, 1.54) is 25.0 Å². The van der Waals surface area contributed by atoms with E-state index in [2.05, 4.69) is 5.32 Å². The molecule has 1 saturated heterocycles. The van der Waals surface area contributed by atoms with Gasteiger partial charge in [-0.1, -0.05) is 18.9 Å². The van der Waals surface area contributed by atoms with E-state index in [1.54, 1.807) is 6.07 Å². The quantitative estimate of drug-likeness (QED) is 0.829. The Balaban J connectivity index is 2.14. The van der Waals surface area contributed by atoms with Gasteiger partial charge in [0.15, 0.2) is 0 Å². The molecule has 94 valence electrons. The van der Waals surface area contributed by atoms with Crippen molar-refractivity contribution in [1.29, 1.82) is 0 Å². The zero-order valence-corrected chi connectivity index (χ0v) is 10.2. The lowest BCUT2D eigenvalue weighted by Crippen LogP contribution is -2.34. The first-order valence-electron chi connectivity index (χ1n) is 6.36. The van der Waals surface area contributed by atoms with Crippen molar-refractivity contribution in [3.63, 3.8) is 0 Å². The topological polar surface area (TPSA) is 32.3 Å². The second-order valence-corrected chi connectivity index (χ2v) is 4.86. The zero-order chi connectivity index (χ0) is 12.3. The van der Waals surface area contributed by atoms with E-state index in [1.807, 2.05) is 6.92 Å². The molecule has 2 rings (SSSR count). The SMILES string of the molecule is Cc1cc(F)ccc1C(O)C1CCCCCN1. The van der Waals surface area contributed by atoms with Crippen LogP contribution in [0.5, 0.6) is 0 Å². The van der Waals surface area contributed by atoms with Gasteiger partial charge in [-0.25, -0.2) is 4.39 Å². The molecule has 0 bridgehead atoms. The normalized spacial score (nSPS) is 23.1. The summed E-state index contributed by atoms with van der Waals surface area (Å²) < 4.78 is 13.0. The summed E-state index contributed by atoms with van der Waals surface area (Å²) in [5.74, 6) is -0.243. The predicted molar refractivity (Wildman–Crippen MR) is 66.4 cm³/mol. The van der Waals surface area contributed by atoms with Crippen LogP contribution in [-0.2, 0) is 0 Å². The van der Waals surface area contributed by atoms with Gasteiger partial charge in [-0.05, 0) is 49.6 Å². The van der Waals surface area contributed by atoms with E-state index in [9.17, 15) is 9.50 Å². The lowest BCUT2D eigenvalue weighted by molar-refractivity contribution is 0.125. The number of rotatable bonds is 2. The van der Waals surface area contributed by atoms with Crippen molar-refractivity contribution in [2.75, 3.05) is 6.54 Å². The summed E-state index contributed by atoms with van der Waals surface area (Å²) in [6.07, 6.45) is 3.99. The summed E-state index contributed by atoms with van der Waals surface area (Å²) in [5.41, 5.74) is 1.66. The van der Waals surface area contributed by atoms with Crippen LogP contribution in [0.15, 0.2) is 18.2 Å². The summed E-state index contributed by atoms with van der Waals surface area (Å²) in [6.45, 7) is 2.81. The molecule has 2 atom stereocenters. The van der Waals surface area contributed by atoms with E-state index in [0.717, 1.165) is 30.5 Å². The summed E-state index contributed by atoms with van der Waals surface area (Å²) in [4.78, 5) is 0. The molecule has 2 unspecified atom stereocenters. The van der Waals surface area contributed by atoms with Gasteiger partial charge >= 0.3 is 0 Å². The molecule has 1 aliphatic rings. The monoisotopic (exact) mass is 237 g/mol. The van der Waals surface area contributed by atoms with Crippen LogP contribution in [-0.4, -0.2) is 17.7 Å². The Morgan fingerprint density at radius 1 is 1.35 bits per heavy atom. The van der Waals surface area contributed by atoms with Crippen LogP contribution in [0.25, 0.3) is 0 Å². The molecule has 1 aromatic carbocycles. The summed E-state index contributed by atoms with van der Waals surface area (Å²) in [6, 6.07) is 4.70. The molecule has 1 fully saturated rings. The number of aliphatic hydroxyl groups excluding tert-OH is 1. The Bertz CT molecular complexity index is 372. The van der Waals surface area contributed by atoms with Gasteiger partial charge in [-0.3, -0.25) is 0 Å². The van der Waals surface area contributed by atoms with Crippen LogP contribution >= 0.6 is 0 Å². The highest BCUT2D eigenvalue weighted by atomic mass is 19.1. The minimum absolute atomic E-state index is 0.0988. The van der Waals surface area contributed by atoms with Crippen molar-refractivity contribution in [3.05, 3.63) is 35.1 Å². The van der Waals surface area contributed by atoms with E-state index < -0.39 is 6.10 Å². The van der Waals surface area contributed by atoms with Crippen LogP contribution in [0.4, 0.5) is 4.39 Å². The third-order valence-corrected chi connectivity index (χ3v) is 3.53. The number of aliphatic hydroxyl groups is 1. The Hall–Kier alpha value is -0.930. The van der Waals surface area contributed by atoms with Crippen molar-refractivity contribution >= 4 is 0 Å². The van der Waals surface area contributed by atoms with Crippen LogP contribution in [0, 0.1) is 12.7 Å². The lowest BCUT2D eigenvalue weighted by atomic mass is 9.95. The molecule has 1 heterocycles. The van der Waals surface area contributed by atoms with Gasteiger partial charge in [-0.15, -0.1) is 0 Å². The van der Waals surface area contributed by atoms with Crippen molar-refractivity contribution in [3.8, 4) is 0 Å². The molecule has 0 amide bonds.